The van der Waals surface area contributed by atoms with Crippen molar-refractivity contribution in [1.82, 2.24) is 5.32 Å². The first-order chi connectivity index (χ1) is 12.4. The van der Waals surface area contributed by atoms with E-state index in [1.807, 2.05) is 0 Å². The number of carbonyl (C=O) groups is 2. The molecular formula is C19H19F3N2O2. The van der Waals surface area contributed by atoms with E-state index in [0.29, 0.717) is 12.0 Å². The van der Waals surface area contributed by atoms with E-state index in [-0.39, 0.29) is 25.3 Å². The zero-order valence-electron chi connectivity index (χ0n) is 14.3. The second kappa shape index (κ2) is 9.03. The van der Waals surface area contributed by atoms with E-state index in [1.54, 1.807) is 18.2 Å². The second-order valence-electron chi connectivity index (χ2n) is 5.68. The number of hydrogen-bond donors (Lipinski definition) is 1. The fraction of sp³-hybridized carbons (Fsp3) is 0.263. The molecule has 4 nitrogen and oxygen atoms in total. The molecule has 26 heavy (non-hydrogen) atoms. The molecule has 138 valence electrons. The number of rotatable bonds is 7. The highest BCUT2D eigenvalue weighted by molar-refractivity contribution is 5.92. The Morgan fingerprint density at radius 3 is 2.19 bits per heavy atom. The van der Waals surface area contributed by atoms with E-state index in [4.69, 9.17) is 0 Å². The molecule has 0 bridgehead atoms. The first kappa shape index (κ1) is 19.5. The fourth-order valence-electron chi connectivity index (χ4n) is 2.51. The zero-order chi connectivity index (χ0) is 19.1. The lowest BCUT2D eigenvalue weighted by atomic mass is 10.1. The molecule has 2 aromatic carbocycles. The highest BCUT2D eigenvalue weighted by Gasteiger charge is 2.20. The molecule has 0 saturated heterocycles. The van der Waals surface area contributed by atoms with Gasteiger partial charge in [0.25, 0.3) is 0 Å². The van der Waals surface area contributed by atoms with Gasteiger partial charge in [-0.2, -0.15) is 0 Å². The summed E-state index contributed by atoms with van der Waals surface area (Å²) in [7, 11) is 0. The van der Waals surface area contributed by atoms with Gasteiger partial charge in [-0.25, -0.2) is 13.2 Å². The number of benzene rings is 2. The molecule has 2 rings (SSSR count). The number of hydrogen-bond acceptors (Lipinski definition) is 2. The Bertz CT molecular complexity index is 776. The molecule has 0 heterocycles. The fourth-order valence-corrected chi connectivity index (χ4v) is 2.51. The molecule has 0 aliphatic carbocycles. The van der Waals surface area contributed by atoms with Crippen molar-refractivity contribution < 1.29 is 22.8 Å². The van der Waals surface area contributed by atoms with Crippen LogP contribution in [0.2, 0.25) is 0 Å². The number of amides is 2. The van der Waals surface area contributed by atoms with Crippen LogP contribution in [0.4, 0.5) is 18.9 Å². The van der Waals surface area contributed by atoms with Crippen molar-refractivity contribution in [2.75, 3.05) is 18.0 Å². The van der Waals surface area contributed by atoms with Crippen molar-refractivity contribution in [3.63, 3.8) is 0 Å². The van der Waals surface area contributed by atoms with Crippen molar-refractivity contribution in [3.8, 4) is 0 Å². The maximum atomic E-state index is 13.8. The number of halogens is 3. The smallest absolute Gasteiger partial charge is 0.224 e. The van der Waals surface area contributed by atoms with Crippen molar-refractivity contribution in [1.29, 1.82) is 0 Å². The van der Waals surface area contributed by atoms with Gasteiger partial charge in [0.15, 0.2) is 0 Å². The van der Waals surface area contributed by atoms with Gasteiger partial charge in [0, 0.05) is 26.4 Å². The quantitative estimate of drug-likeness (QED) is 0.820. The molecule has 1 N–H and O–H groups in total. The summed E-state index contributed by atoms with van der Waals surface area (Å²) in [5.41, 5.74) is 0.00532. The molecule has 0 atom stereocenters. The number of anilines is 1. The van der Waals surface area contributed by atoms with Crippen LogP contribution in [-0.4, -0.2) is 24.9 Å². The van der Waals surface area contributed by atoms with Crippen LogP contribution >= 0.6 is 0 Å². The summed E-state index contributed by atoms with van der Waals surface area (Å²) < 4.78 is 41.2. The third-order valence-electron chi connectivity index (χ3n) is 3.82. The highest BCUT2D eigenvalue weighted by atomic mass is 19.1. The SMILES string of the molecule is CC(=O)N(CCC(=O)NCCc1ccccc1F)c1c(F)cccc1F. The summed E-state index contributed by atoms with van der Waals surface area (Å²) in [6, 6.07) is 9.53. The average Bonchev–Trinajstić information content (AvgIpc) is 2.58. The van der Waals surface area contributed by atoms with Crippen LogP contribution in [0.15, 0.2) is 42.5 Å². The lowest BCUT2D eigenvalue weighted by Crippen LogP contribution is -2.35. The number of nitrogens with zero attached hydrogens (tertiary/aromatic N) is 1. The van der Waals surface area contributed by atoms with Crippen molar-refractivity contribution in [2.45, 2.75) is 19.8 Å². The van der Waals surface area contributed by atoms with E-state index in [9.17, 15) is 22.8 Å². The molecular weight excluding hydrogens is 345 g/mol. The molecule has 0 fully saturated rings. The van der Waals surface area contributed by atoms with Gasteiger partial charge in [-0.15, -0.1) is 0 Å². The minimum atomic E-state index is -0.875. The Hall–Kier alpha value is -2.83. The van der Waals surface area contributed by atoms with E-state index >= 15 is 0 Å². The minimum absolute atomic E-state index is 0.134. The first-order valence-corrected chi connectivity index (χ1v) is 8.12. The molecule has 0 saturated carbocycles. The monoisotopic (exact) mass is 364 g/mol. The average molecular weight is 364 g/mol. The van der Waals surface area contributed by atoms with Gasteiger partial charge in [-0.3, -0.25) is 9.59 Å². The normalized spacial score (nSPS) is 10.5. The Balaban J connectivity index is 1.90. The van der Waals surface area contributed by atoms with Gasteiger partial charge in [0.05, 0.1) is 0 Å². The molecule has 0 unspecified atom stereocenters. The predicted octanol–water partition coefficient (Wildman–Crippen LogP) is 3.21. The summed E-state index contributed by atoms with van der Waals surface area (Å²) in [5, 5.41) is 2.60. The van der Waals surface area contributed by atoms with E-state index in [1.165, 1.54) is 19.1 Å². The lowest BCUT2D eigenvalue weighted by molar-refractivity contribution is -0.121. The lowest BCUT2D eigenvalue weighted by Gasteiger charge is -2.22. The van der Waals surface area contributed by atoms with Crippen LogP contribution in [0.5, 0.6) is 0 Å². The predicted molar refractivity (Wildman–Crippen MR) is 92.1 cm³/mol. The zero-order valence-corrected chi connectivity index (χ0v) is 14.3. The van der Waals surface area contributed by atoms with Crippen LogP contribution in [-0.2, 0) is 16.0 Å². The number of para-hydroxylation sites is 1. The Labute approximate surface area is 149 Å². The van der Waals surface area contributed by atoms with Gasteiger partial charge in [0.2, 0.25) is 11.8 Å². The largest absolute Gasteiger partial charge is 0.356 e. The molecule has 0 spiro atoms. The molecule has 2 amide bonds. The van der Waals surface area contributed by atoms with Gasteiger partial charge >= 0.3 is 0 Å². The molecule has 0 aliphatic heterocycles. The Morgan fingerprint density at radius 1 is 0.962 bits per heavy atom. The van der Waals surface area contributed by atoms with Crippen molar-refractivity contribution in [2.24, 2.45) is 0 Å². The van der Waals surface area contributed by atoms with Crippen LogP contribution in [0.3, 0.4) is 0 Å². The van der Waals surface area contributed by atoms with Gasteiger partial charge in [-0.05, 0) is 30.2 Å². The van der Waals surface area contributed by atoms with Crippen LogP contribution < -0.4 is 10.2 Å². The van der Waals surface area contributed by atoms with E-state index in [2.05, 4.69) is 5.32 Å². The topological polar surface area (TPSA) is 49.4 Å². The highest BCUT2D eigenvalue weighted by Crippen LogP contribution is 2.23. The third kappa shape index (κ3) is 5.08. The van der Waals surface area contributed by atoms with E-state index in [0.717, 1.165) is 17.0 Å². The van der Waals surface area contributed by atoms with Gasteiger partial charge in [-0.1, -0.05) is 24.3 Å². The first-order valence-electron chi connectivity index (χ1n) is 8.12. The maximum absolute atomic E-state index is 13.8. The van der Waals surface area contributed by atoms with Gasteiger partial charge < -0.3 is 10.2 Å². The molecule has 0 radical (unpaired) electrons. The Morgan fingerprint density at radius 2 is 1.58 bits per heavy atom. The summed E-state index contributed by atoms with van der Waals surface area (Å²) in [6.07, 6.45) is 0.182. The maximum Gasteiger partial charge on any atom is 0.224 e. The Kier molecular flexibility index (Phi) is 6.77. The van der Waals surface area contributed by atoms with E-state index < -0.39 is 29.1 Å². The van der Waals surface area contributed by atoms with Crippen LogP contribution in [0.25, 0.3) is 0 Å². The summed E-state index contributed by atoms with van der Waals surface area (Å²) >= 11 is 0. The minimum Gasteiger partial charge on any atom is -0.356 e. The standard InChI is InChI=1S/C19H19F3N2O2/c1-13(25)24(19-16(21)7-4-8-17(19)22)12-10-18(26)23-11-9-14-5-2-3-6-15(14)20/h2-8H,9-12H2,1H3,(H,23,26). The third-order valence-corrected chi connectivity index (χ3v) is 3.82. The molecule has 0 aromatic heterocycles. The molecule has 2 aromatic rings. The van der Waals surface area contributed by atoms with Crippen LogP contribution in [0, 0.1) is 17.5 Å². The van der Waals surface area contributed by atoms with Gasteiger partial charge in [0.1, 0.15) is 23.1 Å². The summed E-state index contributed by atoms with van der Waals surface area (Å²) in [6.45, 7) is 1.22. The second-order valence-corrected chi connectivity index (χ2v) is 5.68. The van der Waals surface area contributed by atoms with Crippen LogP contribution in [0.1, 0.15) is 18.9 Å². The number of carbonyl (C=O) groups excluding carboxylic acids is 2. The van der Waals surface area contributed by atoms with Crippen molar-refractivity contribution >= 4 is 17.5 Å². The summed E-state index contributed by atoms with van der Waals surface area (Å²) in [4.78, 5) is 24.5. The molecule has 7 heteroatoms. The molecule has 0 aliphatic rings. The summed E-state index contributed by atoms with van der Waals surface area (Å²) in [5.74, 6) is -3.07. The van der Waals surface area contributed by atoms with Crippen molar-refractivity contribution in [3.05, 3.63) is 65.5 Å². The number of nitrogens with one attached hydrogen (secondary N) is 1.